The molecule has 0 bridgehead atoms. The fourth-order valence-electron chi connectivity index (χ4n) is 2.96. The Labute approximate surface area is 149 Å². The molecule has 0 spiro atoms. The van der Waals surface area contributed by atoms with Crippen molar-refractivity contribution in [1.82, 2.24) is 10.6 Å². The lowest BCUT2D eigenvalue weighted by Crippen LogP contribution is -2.51. The second kappa shape index (κ2) is 8.97. The van der Waals surface area contributed by atoms with Crippen molar-refractivity contribution in [2.24, 2.45) is 5.92 Å². The summed E-state index contributed by atoms with van der Waals surface area (Å²) in [6.45, 7) is 2.27. The van der Waals surface area contributed by atoms with Gasteiger partial charge in [0, 0.05) is 12.6 Å². The van der Waals surface area contributed by atoms with Gasteiger partial charge in [-0.1, -0.05) is 30.3 Å². The number of ether oxygens (including phenoxy) is 2. The van der Waals surface area contributed by atoms with Gasteiger partial charge >= 0.3 is 5.97 Å². The molecule has 1 aliphatic carbocycles. The van der Waals surface area contributed by atoms with Crippen molar-refractivity contribution in [3.8, 4) is 0 Å². The van der Waals surface area contributed by atoms with Crippen molar-refractivity contribution in [2.45, 2.75) is 37.8 Å². The predicted octanol–water partition coefficient (Wildman–Crippen LogP) is 1.81. The van der Waals surface area contributed by atoms with E-state index in [4.69, 9.17) is 9.47 Å². The van der Waals surface area contributed by atoms with Gasteiger partial charge in [0.15, 0.2) is 0 Å². The summed E-state index contributed by atoms with van der Waals surface area (Å²) < 4.78 is 9.91. The van der Waals surface area contributed by atoms with Gasteiger partial charge in [0.1, 0.15) is 0 Å². The Morgan fingerprint density at radius 2 is 1.92 bits per heavy atom. The Balaban J connectivity index is 1.92. The lowest BCUT2D eigenvalue weighted by molar-refractivity contribution is -0.143. The molecule has 2 N–H and O–H groups in total. The first-order valence-corrected chi connectivity index (χ1v) is 8.62. The number of methoxy groups -OCH3 is 2. The summed E-state index contributed by atoms with van der Waals surface area (Å²) in [5.41, 5.74) is 0.480. The second-order valence-electron chi connectivity index (χ2n) is 6.89. The van der Waals surface area contributed by atoms with Crippen LogP contribution in [0.4, 0.5) is 0 Å². The van der Waals surface area contributed by atoms with Gasteiger partial charge in [-0.05, 0) is 31.2 Å². The predicted molar refractivity (Wildman–Crippen MR) is 95.0 cm³/mol. The number of benzene rings is 1. The van der Waals surface area contributed by atoms with Gasteiger partial charge in [-0.15, -0.1) is 0 Å². The van der Waals surface area contributed by atoms with E-state index in [0.29, 0.717) is 12.5 Å². The van der Waals surface area contributed by atoms with Gasteiger partial charge in [0.05, 0.1) is 32.7 Å². The third-order valence-electron chi connectivity index (χ3n) is 4.47. The van der Waals surface area contributed by atoms with Crippen molar-refractivity contribution < 1.29 is 19.1 Å². The highest BCUT2D eigenvalue weighted by molar-refractivity contribution is 5.79. The van der Waals surface area contributed by atoms with Crippen LogP contribution < -0.4 is 10.6 Å². The maximum Gasteiger partial charge on any atom is 0.307 e. The van der Waals surface area contributed by atoms with Gasteiger partial charge in [-0.3, -0.25) is 9.59 Å². The van der Waals surface area contributed by atoms with Crippen LogP contribution in [0.25, 0.3) is 0 Å². The van der Waals surface area contributed by atoms with Crippen molar-refractivity contribution in [3.05, 3.63) is 35.9 Å². The Bertz CT molecular complexity index is 574. The van der Waals surface area contributed by atoms with Crippen LogP contribution in [0.1, 0.15) is 37.8 Å². The number of esters is 1. The highest BCUT2D eigenvalue weighted by Gasteiger charge is 2.34. The molecule has 138 valence electrons. The molecule has 0 saturated heterocycles. The van der Waals surface area contributed by atoms with Gasteiger partial charge in [-0.25, -0.2) is 0 Å². The number of hydrogen-bond donors (Lipinski definition) is 2. The highest BCUT2D eigenvalue weighted by Crippen LogP contribution is 2.40. The monoisotopic (exact) mass is 348 g/mol. The van der Waals surface area contributed by atoms with E-state index in [9.17, 15) is 9.59 Å². The van der Waals surface area contributed by atoms with Crippen LogP contribution in [-0.4, -0.2) is 44.8 Å². The Kier molecular flexibility index (Phi) is 6.96. The second-order valence-corrected chi connectivity index (χ2v) is 6.89. The zero-order valence-electron chi connectivity index (χ0n) is 15.2. The van der Waals surface area contributed by atoms with Crippen LogP contribution >= 0.6 is 0 Å². The normalized spacial score (nSPS) is 17.4. The zero-order chi connectivity index (χ0) is 18.3. The molecule has 1 aromatic rings. The molecule has 2 atom stereocenters. The van der Waals surface area contributed by atoms with Crippen LogP contribution in [0.3, 0.4) is 0 Å². The third-order valence-corrected chi connectivity index (χ3v) is 4.47. The fourth-order valence-corrected chi connectivity index (χ4v) is 2.96. The lowest BCUT2D eigenvalue weighted by Gasteiger charge is -2.29. The van der Waals surface area contributed by atoms with E-state index in [2.05, 4.69) is 10.6 Å². The molecule has 1 saturated carbocycles. The van der Waals surface area contributed by atoms with Crippen molar-refractivity contribution >= 4 is 11.9 Å². The molecular weight excluding hydrogens is 320 g/mol. The summed E-state index contributed by atoms with van der Waals surface area (Å²) >= 11 is 0. The summed E-state index contributed by atoms with van der Waals surface area (Å²) in [6.07, 6.45) is 2.41. The molecular formula is C19H28N2O4. The number of amides is 1. The Morgan fingerprint density at radius 1 is 1.24 bits per heavy atom. The maximum atomic E-state index is 12.4. The highest BCUT2D eigenvalue weighted by atomic mass is 16.5. The van der Waals surface area contributed by atoms with Crippen LogP contribution in [0.5, 0.6) is 0 Å². The fraction of sp³-hybridized carbons (Fsp3) is 0.579. The average Bonchev–Trinajstić information content (AvgIpc) is 3.44. The van der Waals surface area contributed by atoms with E-state index in [-0.39, 0.29) is 30.9 Å². The van der Waals surface area contributed by atoms with E-state index in [1.165, 1.54) is 7.11 Å². The SMILES string of the molecule is COCC(C)(CC(=O)OC)NCC(=O)NC(c1ccccc1)C1CC1. The molecule has 0 aromatic heterocycles. The van der Waals surface area contributed by atoms with Gasteiger partial charge in [0.25, 0.3) is 0 Å². The number of nitrogens with one attached hydrogen (secondary N) is 2. The molecule has 0 heterocycles. The molecule has 6 nitrogen and oxygen atoms in total. The first kappa shape index (κ1) is 19.4. The molecule has 1 fully saturated rings. The molecule has 0 aliphatic heterocycles. The van der Waals surface area contributed by atoms with Crippen LogP contribution in [0.15, 0.2) is 30.3 Å². The third kappa shape index (κ3) is 6.14. The van der Waals surface area contributed by atoms with Gasteiger partial charge < -0.3 is 20.1 Å². The topological polar surface area (TPSA) is 76.7 Å². The lowest BCUT2D eigenvalue weighted by atomic mass is 9.98. The average molecular weight is 348 g/mol. The summed E-state index contributed by atoms with van der Waals surface area (Å²) in [5.74, 6) is 0.0762. The van der Waals surface area contributed by atoms with Crippen molar-refractivity contribution in [1.29, 1.82) is 0 Å². The number of rotatable bonds is 10. The largest absolute Gasteiger partial charge is 0.469 e. The minimum Gasteiger partial charge on any atom is -0.469 e. The summed E-state index contributed by atoms with van der Waals surface area (Å²) in [4.78, 5) is 24.0. The minimum atomic E-state index is -0.652. The first-order chi connectivity index (χ1) is 12.0. The number of carbonyl (C=O) groups is 2. The molecule has 0 radical (unpaired) electrons. The smallest absolute Gasteiger partial charge is 0.307 e. The molecule has 25 heavy (non-hydrogen) atoms. The van der Waals surface area contributed by atoms with Crippen LogP contribution in [-0.2, 0) is 19.1 Å². The first-order valence-electron chi connectivity index (χ1n) is 8.62. The summed E-state index contributed by atoms with van der Waals surface area (Å²) in [7, 11) is 2.91. The molecule has 1 aliphatic rings. The summed E-state index contributed by atoms with van der Waals surface area (Å²) in [6, 6.07) is 10.1. The van der Waals surface area contributed by atoms with Gasteiger partial charge in [0.2, 0.25) is 5.91 Å². The van der Waals surface area contributed by atoms with Crippen LogP contribution in [0.2, 0.25) is 0 Å². The van der Waals surface area contributed by atoms with Gasteiger partial charge in [-0.2, -0.15) is 0 Å². The van der Waals surface area contributed by atoms with E-state index >= 15 is 0 Å². The standard InChI is InChI=1S/C19H28N2O4/c1-19(13-24-2,11-17(23)25-3)20-12-16(22)21-18(15-9-10-15)14-7-5-4-6-8-14/h4-8,15,18,20H,9-13H2,1-3H3,(H,21,22). The molecule has 1 aromatic carbocycles. The quantitative estimate of drug-likeness (QED) is 0.631. The van der Waals surface area contributed by atoms with Crippen molar-refractivity contribution in [3.63, 3.8) is 0 Å². The zero-order valence-corrected chi connectivity index (χ0v) is 15.2. The van der Waals surface area contributed by atoms with E-state index < -0.39 is 5.54 Å². The number of hydrogen-bond acceptors (Lipinski definition) is 5. The van der Waals surface area contributed by atoms with E-state index in [1.807, 2.05) is 37.3 Å². The van der Waals surface area contributed by atoms with E-state index in [0.717, 1.165) is 18.4 Å². The minimum absolute atomic E-state index is 0.0461. The Hall–Kier alpha value is -1.92. The maximum absolute atomic E-state index is 12.4. The molecule has 1 amide bonds. The Morgan fingerprint density at radius 3 is 2.48 bits per heavy atom. The molecule has 6 heteroatoms. The molecule has 2 rings (SSSR count). The van der Waals surface area contributed by atoms with Crippen molar-refractivity contribution in [2.75, 3.05) is 27.4 Å². The van der Waals surface area contributed by atoms with Crippen LogP contribution in [0, 0.1) is 5.92 Å². The molecule has 2 unspecified atom stereocenters. The summed E-state index contributed by atoms with van der Waals surface area (Å²) in [5, 5.41) is 6.26. The van der Waals surface area contributed by atoms with E-state index in [1.54, 1.807) is 7.11 Å². The number of carbonyl (C=O) groups excluding carboxylic acids is 2.